The van der Waals surface area contributed by atoms with Crippen molar-refractivity contribution in [2.75, 3.05) is 0 Å². The van der Waals surface area contributed by atoms with Crippen LogP contribution < -0.4 is 5.32 Å². The Morgan fingerprint density at radius 2 is 1.68 bits per heavy atom. The van der Waals surface area contributed by atoms with Crippen molar-refractivity contribution in [2.24, 2.45) is 0 Å². The standard InChI is InChI=1S/C27H20Cl2N2O3/c1-15-11-22-25(12-16(15)2)34-27(31-22)18-5-3-17(4-6-18)14-30-26(32)24-10-9-23(33-24)20-13-19(28)7-8-21(20)29/h3-13H,14H2,1-2H3,(H,30,32). The molecule has 0 fully saturated rings. The molecule has 170 valence electrons. The molecular formula is C27H20Cl2N2O3. The molecule has 0 saturated carbocycles. The monoisotopic (exact) mass is 490 g/mol. The molecule has 7 heteroatoms. The largest absolute Gasteiger partial charge is 0.451 e. The molecule has 0 radical (unpaired) electrons. The van der Waals surface area contributed by atoms with Gasteiger partial charge < -0.3 is 14.2 Å². The summed E-state index contributed by atoms with van der Waals surface area (Å²) in [5.41, 5.74) is 6.39. The van der Waals surface area contributed by atoms with E-state index < -0.39 is 0 Å². The summed E-state index contributed by atoms with van der Waals surface area (Å²) >= 11 is 12.3. The minimum absolute atomic E-state index is 0.194. The number of halogens is 2. The number of hydrogen-bond donors (Lipinski definition) is 1. The smallest absolute Gasteiger partial charge is 0.287 e. The summed E-state index contributed by atoms with van der Waals surface area (Å²) in [5.74, 6) is 0.919. The number of benzene rings is 3. The van der Waals surface area contributed by atoms with Crippen LogP contribution >= 0.6 is 23.2 Å². The van der Waals surface area contributed by atoms with Crippen molar-refractivity contribution in [3.63, 3.8) is 0 Å². The van der Waals surface area contributed by atoms with E-state index in [4.69, 9.17) is 32.0 Å². The molecule has 2 aromatic heterocycles. The molecule has 5 nitrogen and oxygen atoms in total. The van der Waals surface area contributed by atoms with Crippen LogP contribution in [0.4, 0.5) is 0 Å². The van der Waals surface area contributed by atoms with Gasteiger partial charge in [0.15, 0.2) is 11.3 Å². The summed E-state index contributed by atoms with van der Waals surface area (Å²) in [6.07, 6.45) is 0. The van der Waals surface area contributed by atoms with E-state index in [9.17, 15) is 4.79 Å². The molecule has 1 amide bonds. The van der Waals surface area contributed by atoms with E-state index in [-0.39, 0.29) is 11.7 Å². The zero-order valence-corrected chi connectivity index (χ0v) is 20.0. The number of aryl methyl sites for hydroxylation is 2. The summed E-state index contributed by atoms with van der Waals surface area (Å²) in [6.45, 7) is 4.46. The highest BCUT2D eigenvalue weighted by Gasteiger charge is 2.15. The number of rotatable bonds is 5. The highest BCUT2D eigenvalue weighted by molar-refractivity contribution is 6.35. The predicted molar refractivity (Wildman–Crippen MR) is 134 cm³/mol. The Labute approximate surface area is 206 Å². The van der Waals surface area contributed by atoms with Gasteiger partial charge >= 0.3 is 0 Å². The van der Waals surface area contributed by atoms with Crippen molar-refractivity contribution in [3.8, 4) is 22.8 Å². The van der Waals surface area contributed by atoms with Gasteiger partial charge in [-0.2, -0.15) is 0 Å². The summed E-state index contributed by atoms with van der Waals surface area (Å²) < 4.78 is 11.6. The number of aromatic nitrogens is 1. The lowest BCUT2D eigenvalue weighted by atomic mass is 10.1. The Balaban J connectivity index is 1.26. The predicted octanol–water partition coefficient (Wildman–Crippen LogP) is 7.61. The average molecular weight is 491 g/mol. The molecule has 0 aliphatic heterocycles. The van der Waals surface area contributed by atoms with Gasteiger partial charge in [-0.05, 0) is 85.1 Å². The van der Waals surface area contributed by atoms with Crippen molar-refractivity contribution in [1.29, 1.82) is 0 Å². The van der Waals surface area contributed by atoms with Gasteiger partial charge in [0.1, 0.15) is 11.3 Å². The number of fused-ring (bicyclic) bond motifs is 1. The van der Waals surface area contributed by atoms with Crippen LogP contribution in [0.15, 0.2) is 75.6 Å². The first-order valence-corrected chi connectivity index (χ1v) is 11.4. The molecule has 5 aromatic rings. The van der Waals surface area contributed by atoms with Crippen molar-refractivity contribution < 1.29 is 13.6 Å². The highest BCUT2D eigenvalue weighted by atomic mass is 35.5. The zero-order chi connectivity index (χ0) is 23.8. The molecule has 0 aliphatic rings. The third kappa shape index (κ3) is 4.45. The van der Waals surface area contributed by atoms with E-state index in [0.29, 0.717) is 33.8 Å². The lowest BCUT2D eigenvalue weighted by molar-refractivity contribution is 0.0924. The molecule has 2 heterocycles. The first kappa shape index (κ1) is 22.3. The lowest BCUT2D eigenvalue weighted by Gasteiger charge is -2.05. The molecule has 34 heavy (non-hydrogen) atoms. The third-order valence-electron chi connectivity index (χ3n) is 5.68. The first-order valence-electron chi connectivity index (χ1n) is 10.7. The quantitative estimate of drug-likeness (QED) is 0.275. The van der Waals surface area contributed by atoms with Crippen LogP contribution in [0.1, 0.15) is 27.2 Å². The van der Waals surface area contributed by atoms with Gasteiger partial charge in [0.25, 0.3) is 5.91 Å². The minimum Gasteiger partial charge on any atom is -0.451 e. The fourth-order valence-corrected chi connectivity index (χ4v) is 4.01. The highest BCUT2D eigenvalue weighted by Crippen LogP contribution is 2.32. The molecule has 0 atom stereocenters. The van der Waals surface area contributed by atoms with Crippen LogP contribution in [0.25, 0.3) is 33.9 Å². The fourth-order valence-electron chi connectivity index (χ4n) is 3.63. The van der Waals surface area contributed by atoms with Crippen LogP contribution in [-0.2, 0) is 6.54 Å². The van der Waals surface area contributed by atoms with Gasteiger partial charge in [0.2, 0.25) is 5.89 Å². The SMILES string of the molecule is Cc1cc2nc(-c3ccc(CNC(=O)c4ccc(-c5cc(Cl)ccc5Cl)o4)cc3)oc2cc1C. The number of furan rings is 1. The number of nitrogens with zero attached hydrogens (tertiary/aromatic N) is 1. The van der Waals surface area contributed by atoms with Crippen LogP contribution in [0.3, 0.4) is 0 Å². The molecule has 3 aromatic carbocycles. The van der Waals surface area contributed by atoms with E-state index in [0.717, 1.165) is 22.2 Å². The van der Waals surface area contributed by atoms with E-state index >= 15 is 0 Å². The van der Waals surface area contributed by atoms with Crippen LogP contribution in [0.5, 0.6) is 0 Å². The Kier molecular flexibility index (Phi) is 5.90. The maximum Gasteiger partial charge on any atom is 0.287 e. The van der Waals surface area contributed by atoms with Gasteiger partial charge in [0, 0.05) is 22.7 Å². The van der Waals surface area contributed by atoms with Gasteiger partial charge in [-0.3, -0.25) is 4.79 Å². The summed E-state index contributed by atoms with van der Waals surface area (Å²) in [7, 11) is 0. The van der Waals surface area contributed by atoms with Crippen molar-refractivity contribution in [2.45, 2.75) is 20.4 Å². The first-order chi connectivity index (χ1) is 16.4. The Morgan fingerprint density at radius 1 is 0.912 bits per heavy atom. The molecule has 0 saturated heterocycles. The van der Waals surface area contributed by atoms with E-state index in [1.807, 2.05) is 36.4 Å². The molecule has 0 spiro atoms. The van der Waals surface area contributed by atoms with Crippen LogP contribution in [0, 0.1) is 13.8 Å². The second kappa shape index (κ2) is 9.01. The molecule has 5 rings (SSSR count). The topological polar surface area (TPSA) is 68.3 Å². The Morgan fingerprint density at radius 3 is 2.47 bits per heavy atom. The van der Waals surface area contributed by atoms with Crippen molar-refractivity contribution in [1.82, 2.24) is 10.3 Å². The number of nitrogens with one attached hydrogen (secondary N) is 1. The molecule has 1 N–H and O–H groups in total. The third-order valence-corrected chi connectivity index (χ3v) is 6.25. The van der Waals surface area contributed by atoms with Gasteiger partial charge in [-0.1, -0.05) is 35.3 Å². The summed E-state index contributed by atoms with van der Waals surface area (Å²) in [6, 6.07) is 20.1. The number of oxazole rings is 1. The molecule has 0 unspecified atom stereocenters. The maximum atomic E-state index is 12.6. The average Bonchev–Trinajstić information content (AvgIpc) is 3.47. The lowest BCUT2D eigenvalue weighted by Crippen LogP contribution is -2.22. The molecule has 0 bridgehead atoms. The zero-order valence-electron chi connectivity index (χ0n) is 18.5. The summed E-state index contributed by atoms with van der Waals surface area (Å²) in [5, 5.41) is 3.90. The van der Waals surface area contributed by atoms with Gasteiger partial charge in [0.05, 0.1) is 5.02 Å². The Hall–Kier alpha value is -3.54. The van der Waals surface area contributed by atoms with E-state index in [1.165, 1.54) is 11.1 Å². The normalized spacial score (nSPS) is 11.2. The molecule has 0 aliphatic carbocycles. The van der Waals surface area contributed by atoms with Gasteiger partial charge in [-0.25, -0.2) is 4.98 Å². The minimum atomic E-state index is -0.321. The van der Waals surface area contributed by atoms with Gasteiger partial charge in [-0.15, -0.1) is 0 Å². The fraction of sp³-hybridized carbons (Fsp3) is 0.111. The number of carbonyl (C=O) groups excluding carboxylic acids is 1. The van der Waals surface area contributed by atoms with Crippen LogP contribution in [-0.4, -0.2) is 10.9 Å². The number of carbonyl (C=O) groups is 1. The number of amides is 1. The van der Waals surface area contributed by atoms with E-state index in [2.05, 4.69) is 24.1 Å². The number of hydrogen-bond acceptors (Lipinski definition) is 4. The summed E-state index contributed by atoms with van der Waals surface area (Å²) in [4.78, 5) is 17.2. The second-order valence-electron chi connectivity index (χ2n) is 8.09. The van der Waals surface area contributed by atoms with E-state index in [1.54, 1.807) is 30.3 Å². The van der Waals surface area contributed by atoms with Crippen molar-refractivity contribution in [3.05, 3.63) is 99.2 Å². The molecular weight excluding hydrogens is 471 g/mol. The van der Waals surface area contributed by atoms with Crippen molar-refractivity contribution >= 4 is 40.2 Å². The Bertz CT molecular complexity index is 1480. The van der Waals surface area contributed by atoms with Crippen LogP contribution in [0.2, 0.25) is 10.0 Å². The second-order valence-corrected chi connectivity index (χ2v) is 8.93. The maximum absolute atomic E-state index is 12.6.